The molecule has 0 saturated heterocycles. The standard InChI is InChI=1S/C15H9Cl3N2O3/c16-10-3-5-13(12(18)8-10)19-15(21)6-2-9-1-4-11(17)14(7-9)20(22)23/h1-8H,(H,19,21). The Hall–Kier alpha value is -2.08. The van der Waals surface area contributed by atoms with Crippen LogP contribution in [0.25, 0.3) is 6.08 Å². The van der Waals surface area contributed by atoms with Crippen molar-refractivity contribution >= 4 is 58.2 Å². The Bertz CT molecular complexity index is 807. The zero-order valence-corrected chi connectivity index (χ0v) is 13.7. The van der Waals surface area contributed by atoms with Crippen molar-refractivity contribution in [3.05, 3.63) is 73.2 Å². The van der Waals surface area contributed by atoms with Crippen LogP contribution in [0.5, 0.6) is 0 Å². The van der Waals surface area contributed by atoms with Crippen molar-refractivity contribution in [3.8, 4) is 0 Å². The lowest BCUT2D eigenvalue weighted by Crippen LogP contribution is -2.08. The Balaban J connectivity index is 2.12. The number of rotatable bonds is 4. The Kier molecular flexibility index (Phi) is 5.60. The molecule has 2 aromatic rings. The molecule has 2 aromatic carbocycles. The van der Waals surface area contributed by atoms with Gasteiger partial charge in [0.1, 0.15) is 5.02 Å². The van der Waals surface area contributed by atoms with Crippen LogP contribution in [0.2, 0.25) is 15.1 Å². The second-order valence-electron chi connectivity index (χ2n) is 4.41. The van der Waals surface area contributed by atoms with E-state index in [-0.39, 0.29) is 10.7 Å². The quantitative estimate of drug-likeness (QED) is 0.456. The van der Waals surface area contributed by atoms with Gasteiger partial charge in [-0.1, -0.05) is 40.9 Å². The van der Waals surface area contributed by atoms with E-state index >= 15 is 0 Å². The molecule has 118 valence electrons. The molecule has 1 amide bonds. The number of hydrogen-bond donors (Lipinski definition) is 1. The third-order valence-electron chi connectivity index (χ3n) is 2.78. The minimum atomic E-state index is -0.590. The van der Waals surface area contributed by atoms with E-state index in [0.717, 1.165) is 0 Å². The molecular formula is C15H9Cl3N2O3. The minimum absolute atomic E-state index is 0.0320. The molecule has 0 spiro atoms. The lowest BCUT2D eigenvalue weighted by Gasteiger charge is -2.05. The lowest BCUT2D eigenvalue weighted by atomic mass is 10.2. The van der Waals surface area contributed by atoms with Crippen LogP contribution in [0, 0.1) is 10.1 Å². The van der Waals surface area contributed by atoms with Crippen LogP contribution in [0.4, 0.5) is 11.4 Å². The number of anilines is 1. The predicted octanol–water partition coefficient (Wildman–Crippen LogP) is 5.21. The second kappa shape index (κ2) is 7.46. The largest absolute Gasteiger partial charge is 0.321 e. The third-order valence-corrected chi connectivity index (χ3v) is 3.65. The van der Waals surface area contributed by atoms with E-state index < -0.39 is 10.8 Å². The van der Waals surface area contributed by atoms with Gasteiger partial charge in [-0.25, -0.2) is 0 Å². The Morgan fingerprint density at radius 2 is 1.83 bits per heavy atom. The fourth-order valence-electron chi connectivity index (χ4n) is 1.71. The molecule has 0 fully saturated rings. The summed E-state index contributed by atoms with van der Waals surface area (Å²) in [6, 6.07) is 8.91. The second-order valence-corrected chi connectivity index (χ2v) is 5.67. The number of nitrogens with zero attached hydrogens (tertiary/aromatic N) is 1. The first-order valence-electron chi connectivity index (χ1n) is 6.25. The molecule has 0 aliphatic carbocycles. The number of benzene rings is 2. The highest BCUT2D eigenvalue weighted by molar-refractivity contribution is 6.36. The van der Waals surface area contributed by atoms with Gasteiger partial charge in [-0.15, -0.1) is 0 Å². The molecule has 0 bridgehead atoms. The summed E-state index contributed by atoms with van der Waals surface area (Å²) in [6.07, 6.45) is 2.67. The number of hydrogen-bond acceptors (Lipinski definition) is 3. The van der Waals surface area contributed by atoms with Gasteiger partial charge >= 0.3 is 0 Å². The molecule has 0 saturated carbocycles. The first-order valence-corrected chi connectivity index (χ1v) is 7.38. The maximum Gasteiger partial charge on any atom is 0.288 e. The average Bonchev–Trinajstić information content (AvgIpc) is 2.49. The molecule has 2 rings (SSSR count). The van der Waals surface area contributed by atoms with Crippen LogP contribution in [0.3, 0.4) is 0 Å². The monoisotopic (exact) mass is 370 g/mol. The van der Waals surface area contributed by atoms with Gasteiger partial charge in [0.25, 0.3) is 5.69 Å². The molecule has 0 radical (unpaired) electrons. The lowest BCUT2D eigenvalue weighted by molar-refractivity contribution is -0.384. The Labute approximate surface area is 146 Å². The third kappa shape index (κ3) is 4.69. The fraction of sp³-hybridized carbons (Fsp3) is 0. The summed E-state index contributed by atoms with van der Waals surface area (Å²) < 4.78 is 0. The van der Waals surface area contributed by atoms with Gasteiger partial charge in [-0.3, -0.25) is 14.9 Å². The van der Waals surface area contributed by atoms with Gasteiger partial charge in [-0.05, 0) is 35.9 Å². The van der Waals surface area contributed by atoms with Crippen LogP contribution < -0.4 is 5.32 Å². The topological polar surface area (TPSA) is 72.2 Å². The molecular weight excluding hydrogens is 363 g/mol. The first-order chi connectivity index (χ1) is 10.9. The number of halogens is 3. The van der Waals surface area contributed by atoms with Crippen molar-refractivity contribution in [1.82, 2.24) is 0 Å². The Morgan fingerprint density at radius 3 is 2.48 bits per heavy atom. The SMILES string of the molecule is O=C(C=Cc1ccc(Cl)c([N+](=O)[O-])c1)Nc1ccc(Cl)cc1Cl. The van der Waals surface area contributed by atoms with Gasteiger partial charge in [0.15, 0.2) is 0 Å². The molecule has 0 aliphatic rings. The summed E-state index contributed by atoms with van der Waals surface area (Å²) in [5, 5.41) is 14.2. The van der Waals surface area contributed by atoms with E-state index in [2.05, 4.69) is 5.32 Å². The molecule has 0 aliphatic heterocycles. The van der Waals surface area contributed by atoms with Gasteiger partial charge < -0.3 is 5.32 Å². The van der Waals surface area contributed by atoms with E-state index in [9.17, 15) is 14.9 Å². The van der Waals surface area contributed by atoms with Crippen LogP contribution in [0.1, 0.15) is 5.56 Å². The summed E-state index contributed by atoms with van der Waals surface area (Å²) in [4.78, 5) is 22.1. The van der Waals surface area contributed by atoms with Crippen molar-refractivity contribution < 1.29 is 9.72 Å². The number of carbonyl (C=O) groups is 1. The van der Waals surface area contributed by atoms with E-state index in [4.69, 9.17) is 34.8 Å². The smallest absolute Gasteiger partial charge is 0.288 e. The molecule has 8 heteroatoms. The normalized spacial score (nSPS) is 10.7. The zero-order valence-electron chi connectivity index (χ0n) is 11.4. The van der Waals surface area contributed by atoms with Crippen molar-refractivity contribution in [2.75, 3.05) is 5.32 Å². The number of amides is 1. The highest BCUT2D eigenvalue weighted by atomic mass is 35.5. The van der Waals surface area contributed by atoms with Crippen LogP contribution in [-0.2, 0) is 4.79 Å². The summed E-state index contributed by atoms with van der Waals surface area (Å²) >= 11 is 17.4. The highest BCUT2D eigenvalue weighted by Gasteiger charge is 2.11. The summed E-state index contributed by atoms with van der Waals surface area (Å²) in [5.41, 5.74) is 0.654. The van der Waals surface area contributed by atoms with Crippen LogP contribution in [0.15, 0.2) is 42.5 Å². The van der Waals surface area contributed by atoms with Crippen molar-refractivity contribution in [3.63, 3.8) is 0 Å². The zero-order chi connectivity index (χ0) is 17.0. The van der Waals surface area contributed by atoms with Crippen molar-refractivity contribution in [2.24, 2.45) is 0 Å². The van der Waals surface area contributed by atoms with Gasteiger partial charge in [-0.2, -0.15) is 0 Å². The minimum Gasteiger partial charge on any atom is -0.321 e. The maximum atomic E-state index is 11.9. The summed E-state index contributed by atoms with van der Waals surface area (Å²) in [5.74, 6) is -0.438. The van der Waals surface area contributed by atoms with Crippen molar-refractivity contribution in [1.29, 1.82) is 0 Å². The summed E-state index contributed by atoms with van der Waals surface area (Å²) in [7, 11) is 0. The molecule has 0 aromatic heterocycles. The van der Waals surface area contributed by atoms with Crippen LogP contribution in [-0.4, -0.2) is 10.8 Å². The predicted molar refractivity (Wildman–Crippen MR) is 92.2 cm³/mol. The number of nitrogens with one attached hydrogen (secondary N) is 1. The van der Waals surface area contributed by atoms with Crippen molar-refractivity contribution in [2.45, 2.75) is 0 Å². The molecule has 5 nitrogen and oxygen atoms in total. The number of nitro benzene ring substituents is 1. The average molecular weight is 372 g/mol. The molecule has 0 unspecified atom stereocenters. The number of carbonyl (C=O) groups excluding carboxylic acids is 1. The van der Waals surface area contributed by atoms with Crippen LogP contribution >= 0.6 is 34.8 Å². The van der Waals surface area contributed by atoms with Gasteiger partial charge in [0.2, 0.25) is 5.91 Å². The van der Waals surface area contributed by atoms with E-state index in [1.165, 1.54) is 30.4 Å². The first kappa shape index (κ1) is 17.3. The molecule has 1 N–H and O–H groups in total. The van der Waals surface area contributed by atoms with E-state index in [1.807, 2.05) is 0 Å². The van der Waals surface area contributed by atoms with E-state index in [0.29, 0.717) is 21.3 Å². The Morgan fingerprint density at radius 1 is 1.09 bits per heavy atom. The summed E-state index contributed by atoms with van der Waals surface area (Å²) in [6.45, 7) is 0. The molecule has 0 atom stereocenters. The highest BCUT2D eigenvalue weighted by Crippen LogP contribution is 2.26. The van der Waals surface area contributed by atoms with Gasteiger partial charge in [0.05, 0.1) is 15.6 Å². The molecule has 0 heterocycles. The van der Waals surface area contributed by atoms with Gasteiger partial charge in [0, 0.05) is 17.2 Å². The fourth-order valence-corrected chi connectivity index (χ4v) is 2.35. The number of nitro groups is 1. The van der Waals surface area contributed by atoms with E-state index in [1.54, 1.807) is 18.2 Å². The molecule has 23 heavy (non-hydrogen) atoms. The maximum absolute atomic E-state index is 11.9.